The van der Waals surface area contributed by atoms with Crippen molar-refractivity contribution in [3.63, 3.8) is 0 Å². The standard InChI is InChI=1S/C13H21N3O4/c17-10-3-1-5-15(7-10)8-11(18)14-12(19)9-16-6-2-4-13(16)20/h10,17H,1-9H2,(H,14,18,19)/t10-/m0/s1. The van der Waals surface area contributed by atoms with Crippen LogP contribution in [-0.4, -0.2) is 71.5 Å². The molecule has 7 nitrogen and oxygen atoms in total. The van der Waals surface area contributed by atoms with Crippen molar-refractivity contribution in [1.29, 1.82) is 0 Å². The summed E-state index contributed by atoms with van der Waals surface area (Å²) < 4.78 is 0. The molecule has 7 heteroatoms. The first kappa shape index (κ1) is 14.9. The third-order valence-corrected chi connectivity index (χ3v) is 3.63. The monoisotopic (exact) mass is 283 g/mol. The topological polar surface area (TPSA) is 90.0 Å². The highest BCUT2D eigenvalue weighted by Crippen LogP contribution is 2.09. The van der Waals surface area contributed by atoms with Gasteiger partial charge >= 0.3 is 0 Å². The van der Waals surface area contributed by atoms with Crippen LogP contribution in [0.3, 0.4) is 0 Å². The van der Waals surface area contributed by atoms with Crippen LogP contribution < -0.4 is 5.32 Å². The Kier molecular flexibility index (Phi) is 5.08. The highest BCUT2D eigenvalue weighted by atomic mass is 16.3. The van der Waals surface area contributed by atoms with E-state index < -0.39 is 12.0 Å². The van der Waals surface area contributed by atoms with E-state index in [1.807, 2.05) is 4.90 Å². The van der Waals surface area contributed by atoms with E-state index in [9.17, 15) is 19.5 Å². The SMILES string of the molecule is O=C(CN1CCC[C@H](O)C1)NC(=O)CN1CCCC1=O. The normalized spacial score (nSPS) is 23.9. The van der Waals surface area contributed by atoms with Crippen molar-refractivity contribution in [2.45, 2.75) is 31.8 Å². The van der Waals surface area contributed by atoms with Crippen molar-refractivity contribution in [3.8, 4) is 0 Å². The lowest BCUT2D eigenvalue weighted by atomic mass is 10.1. The van der Waals surface area contributed by atoms with Gasteiger partial charge in [-0.05, 0) is 25.8 Å². The number of nitrogens with one attached hydrogen (secondary N) is 1. The zero-order valence-corrected chi connectivity index (χ0v) is 11.5. The molecule has 0 unspecified atom stereocenters. The van der Waals surface area contributed by atoms with Crippen LogP contribution in [0.2, 0.25) is 0 Å². The minimum absolute atomic E-state index is 0.0354. The Morgan fingerprint density at radius 2 is 1.95 bits per heavy atom. The van der Waals surface area contributed by atoms with E-state index in [4.69, 9.17) is 0 Å². The number of hydrogen-bond acceptors (Lipinski definition) is 5. The van der Waals surface area contributed by atoms with E-state index in [-0.39, 0.29) is 24.9 Å². The van der Waals surface area contributed by atoms with Gasteiger partial charge in [0.15, 0.2) is 0 Å². The van der Waals surface area contributed by atoms with Gasteiger partial charge in [0.2, 0.25) is 17.7 Å². The second kappa shape index (κ2) is 6.81. The molecule has 0 bridgehead atoms. The second-order valence-corrected chi connectivity index (χ2v) is 5.42. The Bertz CT molecular complexity index is 399. The molecule has 0 spiro atoms. The molecule has 0 saturated carbocycles. The number of imide groups is 1. The van der Waals surface area contributed by atoms with E-state index in [0.29, 0.717) is 19.5 Å². The first-order valence-electron chi connectivity index (χ1n) is 7.05. The zero-order valence-electron chi connectivity index (χ0n) is 11.5. The van der Waals surface area contributed by atoms with Gasteiger partial charge in [0.25, 0.3) is 0 Å². The fraction of sp³-hybridized carbons (Fsp3) is 0.769. The van der Waals surface area contributed by atoms with Gasteiger partial charge in [-0.2, -0.15) is 0 Å². The summed E-state index contributed by atoms with van der Waals surface area (Å²) in [5, 5.41) is 11.8. The Morgan fingerprint density at radius 3 is 2.60 bits per heavy atom. The van der Waals surface area contributed by atoms with Crippen molar-refractivity contribution in [2.24, 2.45) is 0 Å². The molecule has 2 heterocycles. The largest absolute Gasteiger partial charge is 0.392 e. The van der Waals surface area contributed by atoms with E-state index in [2.05, 4.69) is 5.32 Å². The molecule has 2 fully saturated rings. The van der Waals surface area contributed by atoms with Crippen molar-refractivity contribution in [2.75, 3.05) is 32.7 Å². The van der Waals surface area contributed by atoms with Crippen LogP contribution in [0.5, 0.6) is 0 Å². The van der Waals surface area contributed by atoms with Crippen LogP contribution in [0, 0.1) is 0 Å². The number of carbonyl (C=O) groups excluding carboxylic acids is 3. The molecule has 2 saturated heterocycles. The quantitative estimate of drug-likeness (QED) is 0.670. The zero-order chi connectivity index (χ0) is 14.5. The van der Waals surface area contributed by atoms with E-state index in [1.54, 1.807) is 0 Å². The van der Waals surface area contributed by atoms with Gasteiger partial charge in [0, 0.05) is 19.5 Å². The maximum atomic E-state index is 11.7. The minimum atomic E-state index is -0.442. The molecule has 0 aromatic heterocycles. The second-order valence-electron chi connectivity index (χ2n) is 5.42. The molecule has 112 valence electrons. The van der Waals surface area contributed by atoms with Crippen LogP contribution in [0.4, 0.5) is 0 Å². The molecule has 20 heavy (non-hydrogen) atoms. The fourth-order valence-corrected chi connectivity index (χ4v) is 2.66. The van der Waals surface area contributed by atoms with Crippen molar-refractivity contribution < 1.29 is 19.5 Å². The molecule has 2 rings (SSSR count). The Labute approximate surface area is 117 Å². The van der Waals surface area contributed by atoms with Gasteiger partial charge in [-0.3, -0.25) is 24.6 Å². The Morgan fingerprint density at radius 1 is 1.20 bits per heavy atom. The fourth-order valence-electron chi connectivity index (χ4n) is 2.66. The molecular weight excluding hydrogens is 262 g/mol. The number of amides is 3. The molecule has 0 aromatic carbocycles. The Balaban J connectivity index is 1.70. The molecule has 1 atom stereocenters. The number of rotatable bonds is 4. The smallest absolute Gasteiger partial charge is 0.246 e. The number of piperidine rings is 1. The molecule has 2 aliphatic rings. The van der Waals surface area contributed by atoms with Crippen LogP contribution in [0.1, 0.15) is 25.7 Å². The van der Waals surface area contributed by atoms with Gasteiger partial charge in [0.05, 0.1) is 19.2 Å². The van der Waals surface area contributed by atoms with E-state index >= 15 is 0 Å². The molecule has 2 aliphatic heterocycles. The van der Waals surface area contributed by atoms with Gasteiger partial charge in [-0.15, -0.1) is 0 Å². The number of aliphatic hydroxyl groups is 1. The number of β-amino-alcohol motifs (C(OH)–C–C–N with tert-alkyl or cyclic N) is 1. The van der Waals surface area contributed by atoms with Gasteiger partial charge in [-0.25, -0.2) is 0 Å². The van der Waals surface area contributed by atoms with Crippen LogP contribution in [0.25, 0.3) is 0 Å². The van der Waals surface area contributed by atoms with Crippen molar-refractivity contribution >= 4 is 17.7 Å². The molecule has 3 amide bonds. The summed E-state index contributed by atoms with van der Waals surface area (Å²) >= 11 is 0. The predicted octanol–water partition coefficient (Wildman–Crippen LogP) is -1.29. The maximum absolute atomic E-state index is 11.7. The van der Waals surface area contributed by atoms with Crippen LogP contribution in [-0.2, 0) is 14.4 Å². The predicted molar refractivity (Wildman–Crippen MR) is 70.6 cm³/mol. The van der Waals surface area contributed by atoms with Crippen LogP contribution in [0.15, 0.2) is 0 Å². The van der Waals surface area contributed by atoms with Gasteiger partial charge in [0.1, 0.15) is 0 Å². The minimum Gasteiger partial charge on any atom is -0.392 e. The first-order valence-corrected chi connectivity index (χ1v) is 7.05. The summed E-state index contributed by atoms with van der Waals surface area (Å²) in [6.07, 6.45) is 2.46. The molecular formula is C13H21N3O4. The number of nitrogens with zero attached hydrogens (tertiary/aromatic N) is 2. The number of hydrogen-bond donors (Lipinski definition) is 2. The molecule has 2 N–H and O–H groups in total. The number of carbonyl (C=O) groups is 3. The first-order chi connectivity index (χ1) is 9.54. The molecule has 0 radical (unpaired) electrons. The highest BCUT2D eigenvalue weighted by Gasteiger charge is 2.24. The summed E-state index contributed by atoms with van der Waals surface area (Å²) in [4.78, 5) is 38.1. The third-order valence-electron chi connectivity index (χ3n) is 3.63. The third kappa shape index (κ3) is 4.28. The number of likely N-dealkylation sites (tertiary alicyclic amines) is 2. The lowest BCUT2D eigenvalue weighted by Crippen LogP contribution is -2.47. The lowest BCUT2D eigenvalue weighted by Gasteiger charge is -2.29. The summed E-state index contributed by atoms with van der Waals surface area (Å²) in [5.74, 6) is -0.856. The van der Waals surface area contributed by atoms with Crippen LogP contribution >= 0.6 is 0 Å². The summed E-state index contributed by atoms with van der Waals surface area (Å²) in [7, 11) is 0. The van der Waals surface area contributed by atoms with E-state index in [1.165, 1.54) is 4.90 Å². The average Bonchev–Trinajstić information content (AvgIpc) is 2.74. The summed E-state index contributed by atoms with van der Waals surface area (Å²) in [6, 6.07) is 0. The summed E-state index contributed by atoms with van der Waals surface area (Å²) in [5.41, 5.74) is 0. The molecule has 0 aromatic rings. The van der Waals surface area contributed by atoms with Gasteiger partial charge in [-0.1, -0.05) is 0 Å². The maximum Gasteiger partial charge on any atom is 0.246 e. The average molecular weight is 283 g/mol. The molecule has 0 aliphatic carbocycles. The van der Waals surface area contributed by atoms with Gasteiger partial charge < -0.3 is 10.0 Å². The van der Waals surface area contributed by atoms with Crippen molar-refractivity contribution in [3.05, 3.63) is 0 Å². The number of aliphatic hydroxyl groups excluding tert-OH is 1. The lowest BCUT2D eigenvalue weighted by molar-refractivity contribution is -0.136. The highest BCUT2D eigenvalue weighted by molar-refractivity contribution is 5.98. The van der Waals surface area contributed by atoms with E-state index in [0.717, 1.165) is 25.8 Å². The summed E-state index contributed by atoms with van der Waals surface area (Å²) in [6.45, 7) is 1.86. The Hall–Kier alpha value is -1.47. The van der Waals surface area contributed by atoms with Crippen molar-refractivity contribution in [1.82, 2.24) is 15.1 Å².